The zero-order valence-corrected chi connectivity index (χ0v) is 20.3. The SMILES string of the molecule is COc1ccc(-c2nonc2NC(=O)CCCN2C(=O)/C(=C/c3cccs3)SC2=S)c(C)c1. The highest BCUT2D eigenvalue weighted by molar-refractivity contribution is 8.26. The van der Waals surface area contributed by atoms with E-state index in [0.29, 0.717) is 27.9 Å². The monoisotopic (exact) mass is 500 g/mol. The molecule has 33 heavy (non-hydrogen) atoms. The predicted octanol–water partition coefficient (Wildman–Crippen LogP) is 4.74. The summed E-state index contributed by atoms with van der Waals surface area (Å²) in [5.74, 6) is 0.589. The van der Waals surface area contributed by atoms with Crippen LogP contribution in [-0.2, 0) is 9.59 Å². The summed E-state index contributed by atoms with van der Waals surface area (Å²) in [5, 5.41) is 12.5. The number of ether oxygens (including phenoxy) is 1. The van der Waals surface area contributed by atoms with Gasteiger partial charge >= 0.3 is 0 Å². The van der Waals surface area contributed by atoms with E-state index < -0.39 is 0 Å². The van der Waals surface area contributed by atoms with E-state index in [4.69, 9.17) is 21.6 Å². The first-order valence-electron chi connectivity index (χ1n) is 10.0. The van der Waals surface area contributed by atoms with Crippen molar-refractivity contribution in [2.45, 2.75) is 19.8 Å². The lowest BCUT2D eigenvalue weighted by Gasteiger charge is -2.13. The van der Waals surface area contributed by atoms with Gasteiger partial charge in [0.25, 0.3) is 5.91 Å². The molecule has 1 saturated heterocycles. The normalized spacial score (nSPS) is 14.8. The number of carbonyl (C=O) groups is 2. The van der Waals surface area contributed by atoms with E-state index >= 15 is 0 Å². The van der Waals surface area contributed by atoms with Crippen LogP contribution in [-0.4, -0.2) is 45.0 Å². The summed E-state index contributed by atoms with van der Waals surface area (Å²) >= 11 is 8.19. The Hall–Kier alpha value is -3.02. The highest BCUT2D eigenvalue weighted by Gasteiger charge is 2.31. The van der Waals surface area contributed by atoms with Crippen molar-refractivity contribution < 1.29 is 19.0 Å². The highest BCUT2D eigenvalue weighted by atomic mass is 32.2. The molecule has 0 unspecified atom stereocenters. The minimum absolute atomic E-state index is 0.128. The van der Waals surface area contributed by atoms with Crippen molar-refractivity contribution >= 4 is 63.3 Å². The van der Waals surface area contributed by atoms with Crippen molar-refractivity contribution in [1.29, 1.82) is 0 Å². The average molecular weight is 501 g/mol. The molecular formula is C22H20N4O4S3. The molecule has 3 aromatic rings. The van der Waals surface area contributed by atoms with Crippen LogP contribution in [0.5, 0.6) is 5.75 Å². The molecule has 11 heteroatoms. The molecule has 0 spiro atoms. The molecule has 4 rings (SSSR count). The number of hydrogen-bond donors (Lipinski definition) is 1. The number of benzene rings is 1. The lowest BCUT2D eigenvalue weighted by atomic mass is 10.1. The lowest BCUT2D eigenvalue weighted by Crippen LogP contribution is -2.29. The molecule has 1 fully saturated rings. The molecular weight excluding hydrogens is 480 g/mol. The van der Waals surface area contributed by atoms with Crippen molar-refractivity contribution in [2.75, 3.05) is 19.0 Å². The Balaban J connectivity index is 1.33. The van der Waals surface area contributed by atoms with Gasteiger partial charge in [0.1, 0.15) is 10.1 Å². The van der Waals surface area contributed by atoms with Crippen LogP contribution in [0.15, 0.2) is 45.2 Å². The number of rotatable bonds is 8. The third-order valence-corrected chi connectivity index (χ3v) is 7.11. The van der Waals surface area contributed by atoms with Gasteiger partial charge in [-0.15, -0.1) is 11.3 Å². The first-order valence-corrected chi connectivity index (χ1v) is 12.1. The minimum Gasteiger partial charge on any atom is -0.497 e. The number of carbonyl (C=O) groups excluding carboxylic acids is 2. The molecule has 0 atom stereocenters. The molecule has 0 saturated carbocycles. The number of aromatic nitrogens is 2. The van der Waals surface area contributed by atoms with Gasteiger partial charge in [0.05, 0.1) is 12.0 Å². The number of nitrogens with one attached hydrogen (secondary N) is 1. The second-order valence-corrected chi connectivity index (χ2v) is 9.80. The van der Waals surface area contributed by atoms with Gasteiger partial charge in [-0.05, 0) is 64.9 Å². The third kappa shape index (κ3) is 5.32. The predicted molar refractivity (Wildman–Crippen MR) is 133 cm³/mol. The van der Waals surface area contributed by atoms with Gasteiger partial charge in [-0.2, -0.15) is 0 Å². The Morgan fingerprint density at radius 3 is 2.91 bits per heavy atom. The first-order chi connectivity index (χ1) is 16.0. The number of thiocarbonyl (C=S) groups is 1. The van der Waals surface area contributed by atoms with Gasteiger partial charge in [-0.25, -0.2) is 4.63 Å². The number of amides is 2. The Bertz CT molecular complexity index is 1220. The van der Waals surface area contributed by atoms with Crippen LogP contribution in [0.4, 0.5) is 5.82 Å². The fourth-order valence-electron chi connectivity index (χ4n) is 3.26. The Labute approximate surface area is 204 Å². The van der Waals surface area contributed by atoms with E-state index in [2.05, 4.69) is 15.6 Å². The summed E-state index contributed by atoms with van der Waals surface area (Å²) in [6.07, 6.45) is 2.48. The van der Waals surface area contributed by atoms with Gasteiger partial charge in [0.2, 0.25) is 11.7 Å². The number of aryl methyl sites for hydroxylation is 1. The molecule has 2 amide bonds. The van der Waals surface area contributed by atoms with E-state index in [1.54, 1.807) is 24.5 Å². The average Bonchev–Trinajstić information content (AvgIpc) is 3.52. The van der Waals surface area contributed by atoms with Crippen LogP contribution in [0.3, 0.4) is 0 Å². The van der Waals surface area contributed by atoms with Gasteiger partial charge in [0, 0.05) is 23.4 Å². The van der Waals surface area contributed by atoms with Crippen molar-refractivity contribution in [3.63, 3.8) is 0 Å². The van der Waals surface area contributed by atoms with Crippen molar-refractivity contribution in [3.8, 4) is 17.0 Å². The third-order valence-electron chi connectivity index (χ3n) is 4.91. The molecule has 170 valence electrons. The number of thiophene rings is 1. The summed E-state index contributed by atoms with van der Waals surface area (Å²) < 4.78 is 10.6. The van der Waals surface area contributed by atoms with Crippen molar-refractivity contribution in [2.24, 2.45) is 0 Å². The molecule has 1 N–H and O–H groups in total. The molecule has 1 aliphatic rings. The van der Waals surface area contributed by atoms with Crippen LogP contribution in [0.25, 0.3) is 17.3 Å². The van der Waals surface area contributed by atoms with Crippen LogP contribution in [0.2, 0.25) is 0 Å². The molecule has 0 radical (unpaired) electrons. The summed E-state index contributed by atoms with van der Waals surface area (Å²) in [6, 6.07) is 9.38. The summed E-state index contributed by atoms with van der Waals surface area (Å²) in [7, 11) is 1.60. The van der Waals surface area contributed by atoms with E-state index in [1.807, 2.05) is 42.6 Å². The Morgan fingerprint density at radius 2 is 2.18 bits per heavy atom. The van der Waals surface area contributed by atoms with Crippen molar-refractivity contribution in [3.05, 3.63) is 51.1 Å². The maximum Gasteiger partial charge on any atom is 0.266 e. The number of thioether (sulfide) groups is 1. The van der Waals surface area contributed by atoms with E-state index in [9.17, 15) is 9.59 Å². The van der Waals surface area contributed by atoms with Crippen LogP contribution in [0.1, 0.15) is 23.3 Å². The smallest absolute Gasteiger partial charge is 0.266 e. The molecule has 1 aromatic carbocycles. The quantitative estimate of drug-likeness (QED) is 0.350. The van der Waals surface area contributed by atoms with E-state index in [0.717, 1.165) is 21.8 Å². The number of nitrogens with zero attached hydrogens (tertiary/aromatic N) is 3. The van der Waals surface area contributed by atoms with Crippen LogP contribution >= 0.6 is 35.3 Å². The summed E-state index contributed by atoms with van der Waals surface area (Å²) in [5.41, 5.74) is 2.13. The van der Waals surface area contributed by atoms with Gasteiger partial charge in [0.15, 0.2) is 5.69 Å². The van der Waals surface area contributed by atoms with Gasteiger partial charge in [-0.3, -0.25) is 14.5 Å². The van der Waals surface area contributed by atoms with Gasteiger partial charge in [-0.1, -0.05) is 30.0 Å². The number of methoxy groups -OCH3 is 1. The summed E-state index contributed by atoms with van der Waals surface area (Å²) in [4.78, 5) is 28.3. The highest BCUT2D eigenvalue weighted by Crippen LogP contribution is 2.33. The standard InChI is InChI=1S/C22H20N4O4S3/c1-13-11-14(29-2)7-8-16(13)19-20(25-30-24-19)23-18(27)6-3-9-26-21(28)17(33-22(26)31)12-15-5-4-10-32-15/h4-5,7-8,10-12H,3,6,9H2,1-2H3,(H,23,25,27)/b17-12-. The Morgan fingerprint density at radius 1 is 1.33 bits per heavy atom. The van der Waals surface area contributed by atoms with E-state index in [1.165, 1.54) is 16.7 Å². The topological polar surface area (TPSA) is 97.6 Å². The Kier molecular flexibility index (Phi) is 7.21. The fourth-order valence-corrected chi connectivity index (χ4v) is 5.30. The zero-order chi connectivity index (χ0) is 23.4. The number of hydrogen-bond acceptors (Lipinski definition) is 9. The van der Waals surface area contributed by atoms with Crippen LogP contribution in [0, 0.1) is 6.92 Å². The maximum absolute atomic E-state index is 12.7. The molecule has 0 aliphatic carbocycles. The first kappa shape index (κ1) is 23.1. The fraction of sp³-hybridized carbons (Fsp3) is 0.227. The van der Waals surface area contributed by atoms with Crippen LogP contribution < -0.4 is 10.1 Å². The lowest BCUT2D eigenvalue weighted by molar-refractivity contribution is -0.122. The molecule has 3 heterocycles. The van der Waals surface area contributed by atoms with E-state index in [-0.39, 0.29) is 24.1 Å². The number of anilines is 1. The largest absolute Gasteiger partial charge is 0.497 e. The molecule has 0 bridgehead atoms. The zero-order valence-electron chi connectivity index (χ0n) is 17.9. The molecule has 2 aromatic heterocycles. The molecule has 8 nitrogen and oxygen atoms in total. The summed E-state index contributed by atoms with van der Waals surface area (Å²) in [6.45, 7) is 2.27. The maximum atomic E-state index is 12.7. The van der Waals surface area contributed by atoms with Crippen molar-refractivity contribution in [1.82, 2.24) is 15.2 Å². The second-order valence-electron chi connectivity index (χ2n) is 7.14. The molecule has 1 aliphatic heterocycles. The second kappa shape index (κ2) is 10.3. The minimum atomic E-state index is -0.252. The van der Waals surface area contributed by atoms with Gasteiger partial charge < -0.3 is 10.1 Å².